The Morgan fingerprint density at radius 1 is 0.971 bits per heavy atom. The Balaban J connectivity index is 1.73. The van der Waals surface area contributed by atoms with E-state index < -0.39 is 23.0 Å². The van der Waals surface area contributed by atoms with Gasteiger partial charge < -0.3 is 14.4 Å². The summed E-state index contributed by atoms with van der Waals surface area (Å²) in [5.41, 5.74) is 1.03. The van der Waals surface area contributed by atoms with Crippen molar-refractivity contribution in [3.8, 4) is 22.6 Å². The number of halogens is 3. The number of benzene rings is 2. The lowest BCUT2D eigenvalue weighted by molar-refractivity contribution is -0.274. The fourth-order valence-corrected chi connectivity index (χ4v) is 3.36. The summed E-state index contributed by atoms with van der Waals surface area (Å²) in [5.74, 6) is -0.796. The maximum atomic E-state index is 13.5. The highest BCUT2D eigenvalue weighted by Gasteiger charge is 2.47. The van der Waals surface area contributed by atoms with Crippen LogP contribution in [0, 0.1) is 0 Å². The van der Waals surface area contributed by atoms with E-state index in [1.54, 1.807) is 12.1 Å². The fraction of sp³-hybridized carbons (Fsp3) is 0.190. The van der Waals surface area contributed by atoms with Crippen molar-refractivity contribution in [2.75, 3.05) is 0 Å². The van der Waals surface area contributed by atoms with Crippen LogP contribution in [0.4, 0.5) is 13.2 Å². The Hall–Kier alpha value is -3.36. The zero-order chi connectivity index (χ0) is 24.7. The zero-order valence-corrected chi connectivity index (χ0v) is 17.5. The van der Waals surface area contributed by atoms with E-state index in [0.29, 0.717) is 11.1 Å². The average Bonchev–Trinajstić information content (AvgIpc) is 2.81. The lowest BCUT2D eigenvalue weighted by atomic mass is 9.39. The van der Waals surface area contributed by atoms with Crippen LogP contribution in [-0.2, 0) is 6.54 Å². The summed E-state index contributed by atoms with van der Waals surface area (Å²) in [4.78, 5) is 22.7. The number of aromatic nitrogens is 2. The Morgan fingerprint density at radius 3 is 2.21 bits per heavy atom. The first kappa shape index (κ1) is 23.8. The quantitative estimate of drug-likeness (QED) is 0.565. The molecule has 0 aliphatic carbocycles. The number of fused-ring (bicyclic) bond motifs is 1. The summed E-state index contributed by atoms with van der Waals surface area (Å²) in [7, 11) is 24.5. The van der Waals surface area contributed by atoms with E-state index >= 15 is 0 Å². The molecule has 0 saturated heterocycles. The average molecular weight is 455 g/mol. The Bertz CT molecular complexity index is 1210. The van der Waals surface area contributed by atoms with Crippen molar-refractivity contribution in [1.82, 2.24) is 14.9 Å². The lowest BCUT2D eigenvalue weighted by Gasteiger charge is -2.49. The largest absolute Gasteiger partial charge is 0.573 e. The number of carbonyl (C=O) groups excluding carboxylic acids is 1. The number of hydrogen-bond acceptors (Lipinski definition) is 5. The molecule has 4 rings (SSSR count). The van der Waals surface area contributed by atoms with Gasteiger partial charge in [-0.3, -0.25) is 4.79 Å². The standard InChI is InChI=1S/C21H12B4F3N3O3/c22-19(23)20(24,25)34-16-7-4-13(12-2-5-14(6-3-12)33-21(26,27)28)10-15(16)18(32)31(19)11-17-29-8-1-9-30-17/h1-10H,11H2. The summed E-state index contributed by atoms with van der Waals surface area (Å²) in [6.45, 7) is -0.223. The van der Waals surface area contributed by atoms with Crippen LogP contribution in [0.15, 0.2) is 60.9 Å². The molecular weight excluding hydrogens is 442 g/mol. The third-order valence-electron chi connectivity index (χ3n) is 5.15. The molecule has 34 heavy (non-hydrogen) atoms. The number of nitrogens with zero attached hydrogens (tertiary/aromatic N) is 3. The van der Waals surface area contributed by atoms with Crippen LogP contribution in [0.3, 0.4) is 0 Å². The van der Waals surface area contributed by atoms with Gasteiger partial charge in [-0.05, 0) is 46.8 Å². The summed E-state index contributed by atoms with van der Waals surface area (Å²) in [6, 6.07) is 11.2. The number of hydrogen-bond donors (Lipinski definition) is 0. The van der Waals surface area contributed by atoms with E-state index in [1.165, 1.54) is 36.7 Å². The molecule has 1 aliphatic rings. The number of alkyl halides is 3. The predicted molar refractivity (Wildman–Crippen MR) is 120 cm³/mol. The molecule has 3 aromatic rings. The van der Waals surface area contributed by atoms with Crippen molar-refractivity contribution < 1.29 is 27.4 Å². The SMILES string of the molecule is [B]C1([B])Oc2ccc(-c3ccc(OC(F)(F)F)cc3)cc2C(=O)N(Cc2ncccn2)C1([B])[B]. The number of amides is 1. The molecule has 0 N–H and O–H groups in total. The lowest BCUT2D eigenvalue weighted by Crippen LogP contribution is -2.69. The van der Waals surface area contributed by atoms with E-state index in [1.807, 2.05) is 0 Å². The normalized spacial score (nSPS) is 16.8. The van der Waals surface area contributed by atoms with Crippen molar-refractivity contribution >= 4 is 37.3 Å². The molecule has 13 heteroatoms. The molecule has 1 amide bonds. The summed E-state index contributed by atoms with van der Waals surface area (Å²) < 4.78 is 46.8. The molecule has 6 nitrogen and oxygen atoms in total. The van der Waals surface area contributed by atoms with Crippen molar-refractivity contribution in [2.24, 2.45) is 0 Å². The summed E-state index contributed by atoms with van der Waals surface area (Å²) in [6.07, 6.45) is -1.85. The monoisotopic (exact) mass is 455 g/mol. The van der Waals surface area contributed by atoms with E-state index in [-0.39, 0.29) is 29.4 Å². The van der Waals surface area contributed by atoms with Crippen LogP contribution < -0.4 is 9.47 Å². The second-order valence-electron chi connectivity index (χ2n) is 7.56. The van der Waals surface area contributed by atoms with Gasteiger partial charge in [0.1, 0.15) is 33.0 Å². The molecule has 0 unspecified atom stereocenters. The first-order valence-corrected chi connectivity index (χ1v) is 9.80. The molecule has 0 atom stereocenters. The predicted octanol–water partition coefficient (Wildman–Crippen LogP) is 2.06. The molecule has 1 aliphatic heterocycles. The van der Waals surface area contributed by atoms with Crippen LogP contribution in [0.2, 0.25) is 0 Å². The molecule has 0 spiro atoms. The van der Waals surface area contributed by atoms with Gasteiger partial charge in [0.15, 0.2) is 0 Å². The van der Waals surface area contributed by atoms with E-state index in [2.05, 4.69) is 14.7 Å². The fourth-order valence-electron chi connectivity index (χ4n) is 3.36. The number of ether oxygens (including phenoxy) is 2. The minimum atomic E-state index is -4.81. The minimum absolute atomic E-state index is 0.0209. The van der Waals surface area contributed by atoms with Crippen molar-refractivity contribution in [3.05, 3.63) is 72.3 Å². The molecular formula is C21H12B4F3N3O3. The first-order valence-electron chi connectivity index (χ1n) is 9.80. The van der Waals surface area contributed by atoms with E-state index in [0.717, 1.165) is 17.0 Å². The van der Waals surface area contributed by atoms with Gasteiger partial charge in [0.2, 0.25) is 0 Å². The maximum absolute atomic E-state index is 13.5. The van der Waals surface area contributed by atoms with Gasteiger partial charge in [-0.2, -0.15) is 0 Å². The second kappa shape index (κ2) is 8.45. The van der Waals surface area contributed by atoms with E-state index in [4.69, 9.17) is 36.1 Å². The van der Waals surface area contributed by atoms with Crippen LogP contribution in [-0.4, -0.2) is 69.3 Å². The van der Waals surface area contributed by atoms with Gasteiger partial charge in [0.25, 0.3) is 5.91 Å². The Morgan fingerprint density at radius 2 is 1.59 bits per heavy atom. The maximum Gasteiger partial charge on any atom is 0.573 e. The molecule has 2 aromatic carbocycles. The van der Waals surface area contributed by atoms with Crippen molar-refractivity contribution in [3.63, 3.8) is 0 Å². The Labute approximate surface area is 198 Å². The molecule has 0 fully saturated rings. The first-order chi connectivity index (χ1) is 15.9. The van der Waals surface area contributed by atoms with Gasteiger partial charge in [0.05, 0.1) is 27.8 Å². The summed E-state index contributed by atoms with van der Waals surface area (Å²) >= 11 is 0. The third kappa shape index (κ3) is 4.64. The van der Waals surface area contributed by atoms with Crippen molar-refractivity contribution in [1.29, 1.82) is 0 Å². The van der Waals surface area contributed by atoms with Gasteiger partial charge in [-0.15, -0.1) is 13.2 Å². The van der Waals surface area contributed by atoms with Gasteiger partial charge in [-0.25, -0.2) is 9.97 Å². The minimum Gasteiger partial charge on any atom is -0.505 e. The second-order valence-corrected chi connectivity index (χ2v) is 7.56. The summed E-state index contributed by atoms with van der Waals surface area (Å²) in [5, 5.41) is -4.36. The van der Waals surface area contributed by atoms with Crippen molar-refractivity contribution in [2.45, 2.75) is 23.6 Å². The van der Waals surface area contributed by atoms with Gasteiger partial charge >= 0.3 is 6.36 Å². The van der Waals surface area contributed by atoms with Gasteiger partial charge in [-0.1, -0.05) is 18.2 Å². The zero-order valence-electron chi connectivity index (χ0n) is 17.5. The van der Waals surface area contributed by atoms with Gasteiger partial charge in [0, 0.05) is 17.8 Å². The highest BCUT2D eigenvalue weighted by molar-refractivity contribution is 6.54. The smallest absolute Gasteiger partial charge is 0.505 e. The highest BCUT2D eigenvalue weighted by atomic mass is 19.4. The molecule has 0 bridgehead atoms. The molecule has 2 heterocycles. The molecule has 8 radical (unpaired) electrons. The number of carbonyl (C=O) groups is 1. The van der Waals surface area contributed by atoms with Crippen LogP contribution in [0.5, 0.6) is 11.5 Å². The third-order valence-corrected chi connectivity index (χ3v) is 5.15. The van der Waals surface area contributed by atoms with Crippen LogP contribution >= 0.6 is 0 Å². The van der Waals surface area contributed by atoms with Crippen LogP contribution in [0.25, 0.3) is 11.1 Å². The Kier molecular flexibility index (Phi) is 5.91. The molecule has 1 aromatic heterocycles. The highest BCUT2D eigenvalue weighted by Crippen LogP contribution is 2.37. The molecule has 162 valence electrons. The topological polar surface area (TPSA) is 64.6 Å². The molecule has 0 saturated carbocycles. The van der Waals surface area contributed by atoms with Crippen LogP contribution in [0.1, 0.15) is 16.2 Å². The number of rotatable bonds is 4. The van der Waals surface area contributed by atoms with E-state index in [9.17, 15) is 18.0 Å².